The minimum Gasteiger partial charge on any atom is -0.481 e. The Morgan fingerprint density at radius 3 is 2.67 bits per heavy atom. The Morgan fingerprint density at radius 1 is 1.30 bits per heavy atom. The van der Waals surface area contributed by atoms with Crippen molar-refractivity contribution < 1.29 is 24.9 Å². The molecule has 3 N–H and O–H groups in total. The van der Waals surface area contributed by atoms with Gasteiger partial charge in [-0.05, 0) is 32.1 Å². The number of Topliss-reactive ketones (excluding diaryl/α,β-unsaturated/α-hetero) is 1. The lowest BCUT2D eigenvalue weighted by molar-refractivity contribution is -0.137. The second-order valence-corrected chi connectivity index (χ2v) is 7.46. The fraction of sp³-hybridized carbons (Fsp3) is 0.636. The quantitative estimate of drug-likeness (QED) is 0.335. The van der Waals surface area contributed by atoms with Crippen LogP contribution in [0.25, 0.3) is 0 Å². The van der Waals surface area contributed by atoms with Gasteiger partial charge in [-0.1, -0.05) is 50.1 Å². The van der Waals surface area contributed by atoms with Gasteiger partial charge in [-0.2, -0.15) is 0 Å². The molecule has 4 atom stereocenters. The van der Waals surface area contributed by atoms with Crippen LogP contribution in [-0.2, 0) is 9.59 Å². The van der Waals surface area contributed by atoms with E-state index in [1.54, 1.807) is 6.08 Å². The first-order valence-corrected chi connectivity index (χ1v) is 9.93. The molecule has 0 heterocycles. The molecule has 5 nitrogen and oxygen atoms in total. The Balaban J connectivity index is 2.59. The number of rotatable bonds is 13. The van der Waals surface area contributed by atoms with Crippen molar-refractivity contribution in [1.29, 1.82) is 0 Å². The Kier molecular flexibility index (Phi) is 10.3. The Labute approximate surface area is 162 Å². The molecule has 27 heavy (non-hydrogen) atoms. The average molecular weight is 379 g/mol. The van der Waals surface area contributed by atoms with Crippen molar-refractivity contribution in [2.24, 2.45) is 11.8 Å². The van der Waals surface area contributed by atoms with Gasteiger partial charge in [0.15, 0.2) is 0 Å². The third-order valence-electron chi connectivity index (χ3n) is 5.22. The first-order chi connectivity index (χ1) is 12.8. The second kappa shape index (κ2) is 11.9. The Hall–Kier alpha value is -1.72. The summed E-state index contributed by atoms with van der Waals surface area (Å²) in [5, 5.41) is 29.4. The van der Waals surface area contributed by atoms with Crippen LogP contribution in [0, 0.1) is 11.8 Å². The first-order valence-electron chi connectivity index (χ1n) is 9.93. The molecule has 0 radical (unpaired) electrons. The fourth-order valence-electron chi connectivity index (χ4n) is 3.46. The molecule has 1 aliphatic carbocycles. The lowest BCUT2D eigenvalue weighted by atomic mass is 9.88. The van der Waals surface area contributed by atoms with Crippen LogP contribution >= 0.6 is 0 Å². The van der Waals surface area contributed by atoms with E-state index in [2.05, 4.69) is 13.5 Å². The molecule has 1 aliphatic rings. The van der Waals surface area contributed by atoms with E-state index in [1.165, 1.54) is 0 Å². The lowest BCUT2D eigenvalue weighted by Crippen LogP contribution is -2.25. The van der Waals surface area contributed by atoms with Crippen molar-refractivity contribution in [3.05, 3.63) is 37.0 Å². The van der Waals surface area contributed by atoms with Crippen LogP contribution < -0.4 is 0 Å². The van der Waals surface area contributed by atoms with E-state index in [0.29, 0.717) is 32.1 Å². The van der Waals surface area contributed by atoms with Gasteiger partial charge in [-0.25, -0.2) is 0 Å². The van der Waals surface area contributed by atoms with Gasteiger partial charge >= 0.3 is 5.97 Å². The summed E-state index contributed by atoms with van der Waals surface area (Å²) in [5.41, 5.74) is -0.945. The summed E-state index contributed by atoms with van der Waals surface area (Å²) in [5.74, 6) is -1.26. The SMILES string of the molecule is C=CC(O)(C/C=C/C1C(O)CC(=O)C1C/C=C/CCCC(=O)O)CCCC. The van der Waals surface area contributed by atoms with Crippen molar-refractivity contribution in [1.82, 2.24) is 0 Å². The third kappa shape index (κ3) is 8.22. The zero-order chi connectivity index (χ0) is 20.3. The van der Waals surface area contributed by atoms with Crippen molar-refractivity contribution >= 4 is 11.8 Å². The monoisotopic (exact) mass is 378 g/mol. The molecular formula is C22H34O5. The van der Waals surface area contributed by atoms with Gasteiger partial charge in [-0.3, -0.25) is 9.59 Å². The highest BCUT2D eigenvalue weighted by Crippen LogP contribution is 2.34. The Bertz CT molecular complexity index is 551. The number of carboxylic acid groups (broad SMARTS) is 1. The molecule has 152 valence electrons. The zero-order valence-corrected chi connectivity index (χ0v) is 16.3. The third-order valence-corrected chi connectivity index (χ3v) is 5.22. The minimum absolute atomic E-state index is 0.0531. The number of hydrogen-bond donors (Lipinski definition) is 3. The van der Waals surface area contributed by atoms with E-state index in [-0.39, 0.29) is 30.5 Å². The van der Waals surface area contributed by atoms with Gasteiger partial charge < -0.3 is 15.3 Å². The Morgan fingerprint density at radius 2 is 2.04 bits per heavy atom. The van der Waals surface area contributed by atoms with Gasteiger partial charge in [0.1, 0.15) is 5.78 Å². The van der Waals surface area contributed by atoms with Crippen molar-refractivity contribution in [3.63, 3.8) is 0 Å². The van der Waals surface area contributed by atoms with E-state index in [1.807, 2.05) is 24.3 Å². The molecule has 0 saturated heterocycles. The molecule has 0 bridgehead atoms. The number of aliphatic hydroxyl groups excluding tert-OH is 1. The van der Waals surface area contributed by atoms with Gasteiger partial charge in [0.05, 0.1) is 11.7 Å². The van der Waals surface area contributed by atoms with Gasteiger partial charge in [0.25, 0.3) is 0 Å². The number of hydrogen-bond acceptors (Lipinski definition) is 4. The predicted octanol–water partition coefficient (Wildman–Crippen LogP) is 3.81. The van der Waals surface area contributed by atoms with E-state index in [4.69, 9.17) is 5.11 Å². The average Bonchev–Trinajstić information content (AvgIpc) is 2.89. The molecule has 0 amide bonds. The predicted molar refractivity (Wildman–Crippen MR) is 106 cm³/mol. The van der Waals surface area contributed by atoms with Crippen LogP contribution in [0.2, 0.25) is 0 Å². The molecule has 1 saturated carbocycles. The molecule has 0 aromatic carbocycles. The van der Waals surface area contributed by atoms with E-state index in [0.717, 1.165) is 12.8 Å². The number of unbranched alkanes of at least 4 members (excludes halogenated alkanes) is 2. The van der Waals surface area contributed by atoms with Crippen LogP contribution in [0.4, 0.5) is 0 Å². The summed E-state index contributed by atoms with van der Waals surface area (Å²) in [6.07, 6.45) is 13.5. The van der Waals surface area contributed by atoms with E-state index < -0.39 is 17.7 Å². The summed E-state index contributed by atoms with van der Waals surface area (Å²) in [6.45, 7) is 5.79. The summed E-state index contributed by atoms with van der Waals surface area (Å²) in [7, 11) is 0. The van der Waals surface area contributed by atoms with Gasteiger partial charge in [0.2, 0.25) is 0 Å². The van der Waals surface area contributed by atoms with E-state index in [9.17, 15) is 19.8 Å². The normalized spacial score (nSPS) is 25.3. The number of allylic oxidation sites excluding steroid dienone is 2. The molecule has 0 aromatic heterocycles. The molecule has 5 heteroatoms. The molecule has 0 aliphatic heterocycles. The maximum Gasteiger partial charge on any atom is 0.303 e. The van der Waals surface area contributed by atoms with Crippen LogP contribution in [-0.4, -0.2) is 38.8 Å². The van der Waals surface area contributed by atoms with Crippen LogP contribution in [0.1, 0.15) is 64.7 Å². The molecule has 0 spiro atoms. The molecule has 1 fully saturated rings. The summed E-state index contributed by atoms with van der Waals surface area (Å²) in [6, 6.07) is 0. The first kappa shape index (κ1) is 23.3. The second-order valence-electron chi connectivity index (χ2n) is 7.46. The number of aliphatic carboxylic acids is 1. The largest absolute Gasteiger partial charge is 0.481 e. The van der Waals surface area contributed by atoms with Crippen molar-refractivity contribution in [2.45, 2.75) is 76.4 Å². The number of ketones is 1. The van der Waals surface area contributed by atoms with Gasteiger partial charge in [-0.15, -0.1) is 6.58 Å². The minimum atomic E-state index is -0.945. The lowest BCUT2D eigenvalue weighted by Gasteiger charge is -2.23. The van der Waals surface area contributed by atoms with Crippen LogP contribution in [0.3, 0.4) is 0 Å². The number of aliphatic hydroxyl groups is 2. The number of carboxylic acids is 1. The standard InChI is InChI=1S/C22H34O5/c1-3-5-14-22(27,4-2)15-10-12-18-17(19(23)16-20(18)24)11-8-6-7-9-13-21(25)26/h4,6,8,10,12,17-18,20,24,27H,2-3,5,7,9,11,13-16H2,1H3,(H,25,26)/b8-6+,12-10+. The molecule has 0 aromatic rings. The highest BCUT2D eigenvalue weighted by Gasteiger charge is 2.39. The number of carbonyl (C=O) groups excluding carboxylic acids is 1. The van der Waals surface area contributed by atoms with Crippen molar-refractivity contribution in [2.75, 3.05) is 0 Å². The van der Waals surface area contributed by atoms with Crippen molar-refractivity contribution in [3.8, 4) is 0 Å². The highest BCUT2D eigenvalue weighted by molar-refractivity contribution is 5.84. The van der Waals surface area contributed by atoms with Crippen LogP contribution in [0.15, 0.2) is 37.0 Å². The number of carbonyl (C=O) groups is 2. The summed E-state index contributed by atoms with van der Waals surface area (Å²) >= 11 is 0. The van der Waals surface area contributed by atoms with E-state index >= 15 is 0 Å². The molecule has 4 unspecified atom stereocenters. The molecular weight excluding hydrogens is 344 g/mol. The zero-order valence-electron chi connectivity index (χ0n) is 16.3. The van der Waals surface area contributed by atoms with Gasteiger partial charge in [0, 0.05) is 24.7 Å². The summed E-state index contributed by atoms with van der Waals surface area (Å²) < 4.78 is 0. The smallest absolute Gasteiger partial charge is 0.303 e. The molecule has 1 rings (SSSR count). The maximum absolute atomic E-state index is 12.2. The van der Waals surface area contributed by atoms with Crippen LogP contribution in [0.5, 0.6) is 0 Å². The maximum atomic E-state index is 12.2. The topological polar surface area (TPSA) is 94.8 Å². The highest BCUT2D eigenvalue weighted by atomic mass is 16.4. The summed E-state index contributed by atoms with van der Waals surface area (Å²) in [4.78, 5) is 22.7. The fourth-order valence-corrected chi connectivity index (χ4v) is 3.46.